The number of anilines is 1. The lowest BCUT2D eigenvalue weighted by Crippen LogP contribution is -2.44. The molecule has 182 valence electrons. The summed E-state index contributed by atoms with van der Waals surface area (Å²) in [4.78, 5) is 28.6. The maximum absolute atomic E-state index is 16.4. The van der Waals surface area contributed by atoms with Gasteiger partial charge in [-0.25, -0.2) is 9.18 Å². The van der Waals surface area contributed by atoms with Crippen LogP contribution in [0.1, 0.15) is 29.2 Å². The number of nitrogens with zero attached hydrogens (tertiary/aromatic N) is 2. The van der Waals surface area contributed by atoms with Gasteiger partial charge in [-0.15, -0.1) is 0 Å². The Kier molecular flexibility index (Phi) is 5.57. The minimum Gasteiger partial charge on any atom is -0.477 e. The van der Waals surface area contributed by atoms with E-state index in [1.54, 1.807) is 30.3 Å². The maximum atomic E-state index is 16.4. The molecule has 1 aromatic heterocycles. The van der Waals surface area contributed by atoms with Crippen LogP contribution in [0, 0.1) is 5.82 Å². The van der Waals surface area contributed by atoms with Crippen LogP contribution in [0.15, 0.2) is 71.5 Å². The fourth-order valence-electron chi connectivity index (χ4n) is 5.33. The van der Waals surface area contributed by atoms with E-state index in [1.165, 1.54) is 0 Å². The Bertz CT molecular complexity index is 1520. The molecule has 6 rings (SSSR count). The van der Waals surface area contributed by atoms with E-state index >= 15 is 4.39 Å². The molecule has 6 nitrogen and oxygen atoms in total. The number of fused-ring (bicyclic) bond motifs is 1. The molecule has 4 aromatic rings. The molecule has 2 fully saturated rings. The number of hydrogen-bond donors (Lipinski definition) is 2. The number of aromatic nitrogens is 1. The first-order chi connectivity index (χ1) is 17.6. The number of aromatic carboxylic acids is 1. The Balaban J connectivity index is 1.80. The minimum absolute atomic E-state index is 0.0476. The van der Waals surface area contributed by atoms with Crippen LogP contribution in [0.4, 0.5) is 10.1 Å². The van der Waals surface area contributed by atoms with Gasteiger partial charge in [0, 0.05) is 37.8 Å². The summed E-state index contributed by atoms with van der Waals surface area (Å²) in [7, 11) is 0. The average molecular weight is 484 g/mol. The number of carbonyl (C=O) groups is 1. The van der Waals surface area contributed by atoms with Gasteiger partial charge < -0.3 is 19.9 Å². The molecule has 1 aliphatic carbocycles. The molecule has 0 atom stereocenters. The van der Waals surface area contributed by atoms with Gasteiger partial charge in [0.1, 0.15) is 5.56 Å². The maximum Gasteiger partial charge on any atom is 0.341 e. The van der Waals surface area contributed by atoms with Crippen LogP contribution in [0.5, 0.6) is 0 Å². The monoisotopic (exact) mass is 483 g/mol. The van der Waals surface area contributed by atoms with Gasteiger partial charge >= 0.3 is 5.97 Å². The first kappa shape index (κ1) is 22.5. The lowest BCUT2D eigenvalue weighted by molar-refractivity contribution is 0.0696. The van der Waals surface area contributed by atoms with Crippen molar-refractivity contribution in [2.24, 2.45) is 0 Å². The molecule has 0 unspecified atom stereocenters. The van der Waals surface area contributed by atoms with Crippen molar-refractivity contribution >= 4 is 22.6 Å². The van der Waals surface area contributed by atoms with Crippen molar-refractivity contribution in [3.63, 3.8) is 0 Å². The molecular weight excluding hydrogens is 457 g/mol. The molecule has 36 heavy (non-hydrogen) atoms. The van der Waals surface area contributed by atoms with E-state index < -0.39 is 17.2 Å². The molecule has 0 spiro atoms. The fourth-order valence-corrected chi connectivity index (χ4v) is 5.33. The predicted molar refractivity (Wildman–Crippen MR) is 139 cm³/mol. The highest BCUT2D eigenvalue weighted by Gasteiger charge is 2.34. The zero-order valence-corrected chi connectivity index (χ0v) is 19.7. The molecular formula is C29H26FN3O3. The Morgan fingerprint density at radius 3 is 2.14 bits per heavy atom. The van der Waals surface area contributed by atoms with E-state index in [2.05, 4.69) is 5.32 Å². The number of hydrogen-bond acceptors (Lipinski definition) is 4. The van der Waals surface area contributed by atoms with Crippen molar-refractivity contribution in [3.8, 4) is 22.4 Å². The van der Waals surface area contributed by atoms with Crippen LogP contribution >= 0.6 is 0 Å². The zero-order chi connectivity index (χ0) is 24.8. The number of carboxylic acids is 1. The Labute approximate surface area is 207 Å². The quantitative estimate of drug-likeness (QED) is 0.422. The Morgan fingerprint density at radius 2 is 1.56 bits per heavy atom. The van der Waals surface area contributed by atoms with Crippen molar-refractivity contribution in [1.82, 2.24) is 9.88 Å². The summed E-state index contributed by atoms with van der Waals surface area (Å²) in [6.07, 6.45) is 1.75. The zero-order valence-electron chi connectivity index (χ0n) is 19.7. The van der Waals surface area contributed by atoms with Crippen LogP contribution in [-0.2, 0) is 0 Å². The highest BCUT2D eigenvalue weighted by Crippen LogP contribution is 2.45. The second kappa shape index (κ2) is 8.91. The molecule has 0 radical (unpaired) electrons. The molecule has 1 saturated carbocycles. The van der Waals surface area contributed by atoms with E-state index in [9.17, 15) is 14.7 Å². The SMILES string of the molecule is O=C(O)c1c(-c2ccccc2)n(C2CC2)c2cc(N3CCNCC3)c(F)c(-c3ccccc3)c2c1=O. The number of halogens is 1. The summed E-state index contributed by atoms with van der Waals surface area (Å²) in [6, 6.07) is 20.0. The molecule has 7 heteroatoms. The van der Waals surface area contributed by atoms with Crippen molar-refractivity contribution in [2.45, 2.75) is 18.9 Å². The lowest BCUT2D eigenvalue weighted by atomic mass is 9.94. The van der Waals surface area contributed by atoms with E-state index in [-0.39, 0.29) is 22.6 Å². The molecule has 2 N–H and O–H groups in total. The van der Waals surface area contributed by atoms with Crippen LogP contribution in [0.3, 0.4) is 0 Å². The van der Waals surface area contributed by atoms with Gasteiger partial charge in [-0.1, -0.05) is 60.7 Å². The Morgan fingerprint density at radius 1 is 0.944 bits per heavy atom. The summed E-state index contributed by atoms with van der Waals surface area (Å²) in [5.74, 6) is -1.79. The van der Waals surface area contributed by atoms with Crippen LogP contribution in [-0.4, -0.2) is 41.8 Å². The topological polar surface area (TPSA) is 74.6 Å². The Hall–Kier alpha value is -3.97. The summed E-state index contributed by atoms with van der Waals surface area (Å²) < 4.78 is 18.4. The summed E-state index contributed by atoms with van der Waals surface area (Å²) in [5, 5.41) is 13.7. The minimum atomic E-state index is -1.30. The third-order valence-corrected chi connectivity index (χ3v) is 7.11. The van der Waals surface area contributed by atoms with Crippen molar-refractivity contribution in [3.05, 3.63) is 88.3 Å². The number of pyridine rings is 1. The molecule has 1 saturated heterocycles. The molecule has 0 bridgehead atoms. The summed E-state index contributed by atoms with van der Waals surface area (Å²) in [6.45, 7) is 2.76. The third kappa shape index (κ3) is 3.67. The predicted octanol–water partition coefficient (Wildman–Crippen LogP) is 4.92. The molecule has 2 aliphatic rings. The molecule has 0 amide bonds. The van der Waals surface area contributed by atoms with Crippen LogP contribution in [0.2, 0.25) is 0 Å². The third-order valence-electron chi connectivity index (χ3n) is 7.11. The lowest BCUT2D eigenvalue weighted by Gasteiger charge is -2.31. The second-order valence-corrected chi connectivity index (χ2v) is 9.41. The van der Waals surface area contributed by atoms with Crippen molar-refractivity contribution in [1.29, 1.82) is 0 Å². The largest absolute Gasteiger partial charge is 0.477 e. The van der Waals surface area contributed by atoms with E-state index in [0.29, 0.717) is 41.1 Å². The van der Waals surface area contributed by atoms with E-state index in [4.69, 9.17) is 0 Å². The van der Waals surface area contributed by atoms with Gasteiger partial charge in [0.2, 0.25) is 5.43 Å². The van der Waals surface area contributed by atoms with E-state index in [0.717, 1.165) is 25.9 Å². The van der Waals surface area contributed by atoms with Gasteiger partial charge in [-0.2, -0.15) is 0 Å². The van der Waals surface area contributed by atoms with E-state index in [1.807, 2.05) is 45.9 Å². The fraction of sp³-hybridized carbons (Fsp3) is 0.241. The molecule has 3 aromatic carbocycles. The van der Waals surface area contributed by atoms with Crippen LogP contribution in [0.25, 0.3) is 33.3 Å². The van der Waals surface area contributed by atoms with Gasteiger partial charge in [0.05, 0.1) is 22.3 Å². The summed E-state index contributed by atoms with van der Waals surface area (Å²) >= 11 is 0. The van der Waals surface area contributed by atoms with Gasteiger partial charge in [0.25, 0.3) is 0 Å². The normalized spacial score (nSPS) is 15.9. The second-order valence-electron chi connectivity index (χ2n) is 9.41. The number of benzene rings is 3. The molecule has 1 aliphatic heterocycles. The van der Waals surface area contributed by atoms with Crippen molar-refractivity contribution in [2.75, 3.05) is 31.1 Å². The number of rotatable bonds is 5. The number of piperazine rings is 1. The first-order valence-corrected chi connectivity index (χ1v) is 12.3. The molecule has 2 heterocycles. The van der Waals surface area contributed by atoms with Gasteiger partial charge in [-0.3, -0.25) is 4.79 Å². The highest BCUT2D eigenvalue weighted by atomic mass is 19.1. The smallest absolute Gasteiger partial charge is 0.341 e. The average Bonchev–Trinajstić information content (AvgIpc) is 3.75. The number of nitrogens with one attached hydrogen (secondary N) is 1. The van der Waals surface area contributed by atoms with Crippen molar-refractivity contribution < 1.29 is 14.3 Å². The standard InChI is InChI=1S/C29H26FN3O3/c30-26-22(32-15-13-31-14-16-32)17-21-24(23(26)18-7-3-1-4-8-18)28(34)25(29(35)36)27(33(21)20-11-12-20)19-9-5-2-6-10-19/h1-10,17,20,31H,11-16H2,(H,35,36). The number of carboxylic acid groups (broad SMARTS) is 1. The summed E-state index contributed by atoms with van der Waals surface area (Å²) in [5.41, 5.74) is 1.84. The highest BCUT2D eigenvalue weighted by molar-refractivity contribution is 6.05. The first-order valence-electron chi connectivity index (χ1n) is 12.3. The van der Waals surface area contributed by atoms with Crippen LogP contribution < -0.4 is 15.6 Å². The van der Waals surface area contributed by atoms with Gasteiger partial charge in [0.15, 0.2) is 5.82 Å². The van der Waals surface area contributed by atoms with Gasteiger partial charge in [-0.05, 0) is 30.0 Å².